The minimum atomic E-state index is -0.487. The number of likely N-dealkylation sites (tertiary alicyclic amines) is 1. The molecule has 0 aliphatic carbocycles. The van der Waals surface area contributed by atoms with Crippen LogP contribution in [0.25, 0.3) is 27.8 Å². The zero-order chi connectivity index (χ0) is 25.6. The molecule has 0 atom stereocenters. The van der Waals surface area contributed by atoms with Crippen molar-refractivity contribution in [2.24, 2.45) is 0 Å². The van der Waals surface area contributed by atoms with Gasteiger partial charge < -0.3 is 9.64 Å². The lowest BCUT2D eigenvalue weighted by Gasteiger charge is -2.33. The highest BCUT2D eigenvalue weighted by atomic mass is 16.6. The highest BCUT2D eigenvalue weighted by Crippen LogP contribution is 2.27. The number of hydrogen-bond donors (Lipinski definition) is 0. The Morgan fingerprint density at radius 2 is 1.86 bits per heavy atom. The summed E-state index contributed by atoms with van der Waals surface area (Å²) in [5.41, 5.74) is 4.98. The van der Waals surface area contributed by atoms with Crippen LogP contribution in [0.1, 0.15) is 45.3 Å². The van der Waals surface area contributed by atoms with Gasteiger partial charge in [0, 0.05) is 42.8 Å². The van der Waals surface area contributed by atoms with Crippen molar-refractivity contribution in [1.82, 2.24) is 44.0 Å². The van der Waals surface area contributed by atoms with Crippen molar-refractivity contribution in [3.63, 3.8) is 0 Å². The van der Waals surface area contributed by atoms with E-state index in [1.165, 1.54) is 0 Å². The largest absolute Gasteiger partial charge is 0.444 e. The Bertz CT molecular complexity index is 1570. The second-order valence-corrected chi connectivity index (χ2v) is 10.4. The number of fused-ring (bicyclic) bond motifs is 2. The fraction of sp³-hybridized carbons (Fsp3) is 0.385. The molecule has 0 radical (unpaired) electrons. The molecule has 5 aromatic rings. The van der Waals surface area contributed by atoms with E-state index in [4.69, 9.17) is 4.74 Å². The van der Waals surface area contributed by atoms with Gasteiger partial charge in [-0.3, -0.25) is 14.3 Å². The maximum absolute atomic E-state index is 12.4. The molecule has 1 aliphatic rings. The molecule has 1 amide bonds. The van der Waals surface area contributed by atoms with Crippen molar-refractivity contribution in [2.75, 3.05) is 13.1 Å². The molecule has 0 bridgehead atoms. The first-order valence-corrected chi connectivity index (χ1v) is 12.5. The fourth-order valence-corrected chi connectivity index (χ4v) is 4.71. The third-order valence-corrected chi connectivity index (χ3v) is 6.58. The van der Waals surface area contributed by atoms with Crippen LogP contribution in [0, 0.1) is 0 Å². The predicted octanol–water partition coefficient (Wildman–Crippen LogP) is 3.96. The Morgan fingerprint density at radius 1 is 1.03 bits per heavy atom. The third kappa shape index (κ3) is 4.64. The van der Waals surface area contributed by atoms with Crippen LogP contribution in [0.15, 0.2) is 55.4 Å². The number of piperidine rings is 1. The van der Waals surface area contributed by atoms with Crippen LogP contribution in [0.3, 0.4) is 0 Å². The number of imidazole rings is 1. The topological polar surface area (TPSA) is 108 Å². The van der Waals surface area contributed by atoms with Gasteiger partial charge in [0.2, 0.25) is 0 Å². The Balaban J connectivity index is 1.18. The molecule has 11 heteroatoms. The molecule has 0 N–H and O–H groups in total. The third-order valence-electron chi connectivity index (χ3n) is 6.58. The normalized spacial score (nSPS) is 15.1. The molecule has 6 rings (SSSR count). The van der Waals surface area contributed by atoms with E-state index in [9.17, 15) is 4.79 Å². The van der Waals surface area contributed by atoms with Crippen molar-refractivity contribution in [1.29, 1.82) is 0 Å². The monoisotopic (exact) mass is 499 g/mol. The maximum Gasteiger partial charge on any atom is 0.410 e. The number of hydrogen-bond acceptors (Lipinski definition) is 7. The molecule has 1 aliphatic heterocycles. The van der Waals surface area contributed by atoms with Gasteiger partial charge in [0.05, 0.1) is 42.4 Å². The smallest absolute Gasteiger partial charge is 0.410 e. The summed E-state index contributed by atoms with van der Waals surface area (Å²) in [4.78, 5) is 23.2. The number of aromatic nitrogens is 8. The van der Waals surface area contributed by atoms with E-state index in [2.05, 4.69) is 37.5 Å². The summed E-state index contributed by atoms with van der Waals surface area (Å²) in [5.74, 6) is 0. The Hall–Kier alpha value is -4.28. The standard InChI is InChI=1S/C26H29N9O2/c1-26(2,3)37-25(36)32-9-6-20(7-10-32)33-16-19(13-30-33)18-11-23-22(27-12-18)15-31-34(23)17-21-14-28-24-5-4-8-29-35(21)24/h4-5,8,11-16,20H,6-7,9-10,17H2,1-3H3. The lowest BCUT2D eigenvalue weighted by molar-refractivity contribution is 0.0185. The molecule has 11 nitrogen and oxygen atoms in total. The van der Waals surface area contributed by atoms with Crippen molar-refractivity contribution < 1.29 is 9.53 Å². The lowest BCUT2D eigenvalue weighted by Crippen LogP contribution is -2.42. The number of carbonyl (C=O) groups is 1. The van der Waals surface area contributed by atoms with E-state index in [-0.39, 0.29) is 12.1 Å². The maximum atomic E-state index is 12.4. The minimum absolute atomic E-state index is 0.234. The van der Waals surface area contributed by atoms with Crippen LogP contribution in [0.4, 0.5) is 4.79 Å². The summed E-state index contributed by atoms with van der Waals surface area (Å²) in [6.45, 7) is 7.50. The van der Waals surface area contributed by atoms with Crippen LogP contribution in [0.5, 0.6) is 0 Å². The van der Waals surface area contributed by atoms with Crippen molar-refractivity contribution in [3.05, 3.63) is 61.1 Å². The number of amides is 1. The molecular formula is C26H29N9O2. The molecule has 6 heterocycles. The molecule has 5 aromatic heterocycles. The molecule has 190 valence electrons. The van der Waals surface area contributed by atoms with Gasteiger partial charge in [-0.25, -0.2) is 14.3 Å². The van der Waals surface area contributed by atoms with E-state index in [1.54, 1.807) is 17.3 Å². The summed E-state index contributed by atoms with van der Waals surface area (Å²) < 4.78 is 11.3. The summed E-state index contributed by atoms with van der Waals surface area (Å²) in [5, 5.41) is 13.6. The van der Waals surface area contributed by atoms with Gasteiger partial charge in [0.1, 0.15) is 11.1 Å². The number of pyridine rings is 1. The zero-order valence-electron chi connectivity index (χ0n) is 21.2. The Kier molecular flexibility index (Phi) is 5.62. The van der Waals surface area contributed by atoms with E-state index in [1.807, 2.05) is 65.4 Å². The van der Waals surface area contributed by atoms with Crippen molar-refractivity contribution >= 4 is 22.8 Å². The fourth-order valence-electron chi connectivity index (χ4n) is 4.71. The first-order valence-electron chi connectivity index (χ1n) is 12.5. The van der Waals surface area contributed by atoms with Gasteiger partial charge >= 0.3 is 6.09 Å². The van der Waals surface area contributed by atoms with Crippen LogP contribution in [0.2, 0.25) is 0 Å². The molecule has 0 saturated carbocycles. The summed E-state index contributed by atoms with van der Waals surface area (Å²) >= 11 is 0. The Morgan fingerprint density at radius 3 is 2.68 bits per heavy atom. The summed E-state index contributed by atoms with van der Waals surface area (Å²) in [7, 11) is 0. The van der Waals surface area contributed by atoms with Gasteiger partial charge in [-0.1, -0.05) is 0 Å². The van der Waals surface area contributed by atoms with E-state index in [0.717, 1.165) is 46.3 Å². The molecule has 0 unspecified atom stereocenters. The van der Waals surface area contributed by atoms with Gasteiger partial charge in [-0.15, -0.1) is 0 Å². The number of rotatable bonds is 4. The second-order valence-electron chi connectivity index (χ2n) is 10.4. The minimum Gasteiger partial charge on any atom is -0.444 e. The van der Waals surface area contributed by atoms with Gasteiger partial charge in [-0.2, -0.15) is 15.3 Å². The van der Waals surface area contributed by atoms with Crippen LogP contribution >= 0.6 is 0 Å². The Labute approximate surface area is 213 Å². The number of ether oxygens (including phenoxy) is 1. The van der Waals surface area contributed by atoms with Gasteiger partial charge in [0.25, 0.3) is 0 Å². The van der Waals surface area contributed by atoms with E-state index < -0.39 is 5.60 Å². The van der Waals surface area contributed by atoms with Crippen molar-refractivity contribution in [3.8, 4) is 11.1 Å². The van der Waals surface area contributed by atoms with E-state index in [0.29, 0.717) is 19.6 Å². The predicted molar refractivity (Wildman–Crippen MR) is 137 cm³/mol. The average Bonchev–Trinajstić information content (AvgIpc) is 3.62. The van der Waals surface area contributed by atoms with Gasteiger partial charge in [0.15, 0.2) is 5.65 Å². The summed E-state index contributed by atoms with van der Waals surface area (Å²) in [6.07, 6.45) is 12.6. The van der Waals surface area contributed by atoms with Crippen LogP contribution in [-0.4, -0.2) is 68.8 Å². The second kappa shape index (κ2) is 8.99. The van der Waals surface area contributed by atoms with Gasteiger partial charge in [-0.05, 0) is 51.8 Å². The SMILES string of the molecule is CC(C)(C)OC(=O)N1CCC(n2cc(-c3cnc4cnn(Cc5cnc6cccnn56)c4c3)cn2)CC1. The number of nitrogens with zero attached hydrogens (tertiary/aromatic N) is 9. The highest BCUT2D eigenvalue weighted by Gasteiger charge is 2.28. The molecule has 1 fully saturated rings. The summed E-state index contributed by atoms with van der Waals surface area (Å²) in [6, 6.07) is 6.13. The van der Waals surface area contributed by atoms with E-state index >= 15 is 0 Å². The first-order chi connectivity index (χ1) is 17.8. The molecule has 0 spiro atoms. The lowest BCUT2D eigenvalue weighted by atomic mass is 10.1. The first kappa shape index (κ1) is 23.1. The highest BCUT2D eigenvalue weighted by molar-refractivity contribution is 5.80. The molecule has 37 heavy (non-hydrogen) atoms. The average molecular weight is 500 g/mol. The zero-order valence-corrected chi connectivity index (χ0v) is 21.2. The number of carbonyl (C=O) groups excluding carboxylic acids is 1. The van der Waals surface area contributed by atoms with Crippen LogP contribution in [-0.2, 0) is 11.3 Å². The quantitative estimate of drug-likeness (QED) is 0.368. The van der Waals surface area contributed by atoms with Crippen LogP contribution < -0.4 is 0 Å². The molecular weight excluding hydrogens is 470 g/mol. The molecule has 1 saturated heterocycles. The molecule has 0 aromatic carbocycles. The van der Waals surface area contributed by atoms with Crippen molar-refractivity contribution in [2.45, 2.75) is 51.8 Å².